The second kappa shape index (κ2) is 14.3. The van der Waals surface area contributed by atoms with Crippen LogP contribution in [-0.2, 0) is 10.8 Å². The third-order valence-corrected chi connectivity index (χ3v) is 10.4. The van der Waals surface area contributed by atoms with Crippen molar-refractivity contribution < 1.29 is 0 Å². The van der Waals surface area contributed by atoms with E-state index in [4.69, 9.17) is 0 Å². The van der Waals surface area contributed by atoms with Crippen molar-refractivity contribution in [2.45, 2.75) is 108 Å². The molecule has 0 bridgehead atoms. The minimum Gasteiger partial charge on any atom is -0.0622 e. The standard InChI is InChI=1S/C23H24.C13H20.C8H18/c1-22(2,3)23(19-13-7-4-8-14-19,20-15-9-5-10-16-20)21-17-11-6-12-18-21;1-12(2,3)13(4,5)11-9-7-6-8-10-11;1-7(2,3)8(4,5)6/h4-18H,1-3H3;6-10H,1-5H3;1-6H3. The van der Waals surface area contributed by atoms with E-state index in [0.29, 0.717) is 16.2 Å². The molecular weight excluding hydrogens is 528 g/mol. The van der Waals surface area contributed by atoms with Crippen LogP contribution in [0.5, 0.6) is 0 Å². The van der Waals surface area contributed by atoms with E-state index < -0.39 is 0 Å². The highest BCUT2D eigenvalue weighted by Gasteiger charge is 2.46. The molecule has 0 atom stereocenters. The van der Waals surface area contributed by atoms with Crippen LogP contribution in [0.1, 0.15) is 119 Å². The molecule has 4 aromatic carbocycles. The van der Waals surface area contributed by atoms with Crippen molar-refractivity contribution in [3.8, 4) is 0 Å². The summed E-state index contributed by atoms with van der Waals surface area (Å²) in [7, 11) is 0. The Labute approximate surface area is 272 Å². The zero-order valence-electron chi connectivity index (χ0n) is 30.5. The average molecular weight is 591 g/mol. The number of hydrogen-bond donors (Lipinski definition) is 0. The fourth-order valence-corrected chi connectivity index (χ4v) is 5.15. The van der Waals surface area contributed by atoms with E-state index in [1.165, 1.54) is 22.3 Å². The Morgan fingerprint density at radius 2 is 0.477 bits per heavy atom. The van der Waals surface area contributed by atoms with Gasteiger partial charge in [0.2, 0.25) is 0 Å². The van der Waals surface area contributed by atoms with Gasteiger partial charge in [0.05, 0.1) is 0 Å². The predicted octanol–water partition coefficient (Wildman–Crippen LogP) is 13.2. The molecule has 0 aliphatic heterocycles. The van der Waals surface area contributed by atoms with Crippen LogP contribution in [0.4, 0.5) is 0 Å². The molecule has 0 aliphatic carbocycles. The van der Waals surface area contributed by atoms with Gasteiger partial charge < -0.3 is 0 Å². The lowest BCUT2D eigenvalue weighted by Gasteiger charge is -2.46. The zero-order chi connectivity index (χ0) is 33.5. The molecule has 0 unspecified atom stereocenters. The van der Waals surface area contributed by atoms with Gasteiger partial charge in [0.25, 0.3) is 0 Å². The Morgan fingerprint density at radius 3 is 0.659 bits per heavy atom. The van der Waals surface area contributed by atoms with Crippen LogP contribution in [0.15, 0.2) is 121 Å². The summed E-state index contributed by atoms with van der Waals surface area (Å²) >= 11 is 0. The molecule has 0 heterocycles. The van der Waals surface area contributed by atoms with Gasteiger partial charge in [0.1, 0.15) is 0 Å². The number of benzene rings is 4. The topological polar surface area (TPSA) is 0 Å². The quantitative estimate of drug-likeness (QED) is 0.207. The molecule has 4 rings (SSSR count). The van der Waals surface area contributed by atoms with Crippen molar-refractivity contribution in [2.75, 3.05) is 0 Å². The van der Waals surface area contributed by atoms with Crippen LogP contribution in [0.3, 0.4) is 0 Å². The van der Waals surface area contributed by atoms with E-state index in [-0.39, 0.29) is 16.2 Å². The highest BCUT2D eigenvalue weighted by Crippen LogP contribution is 2.51. The Hall–Kier alpha value is -3.12. The smallest absolute Gasteiger partial charge is 0.0499 e. The molecule has 0 heteroatoms. The molecule has 0 saturated heterocycles. The van der Waals surface area contributed by atoms with Crippen LogP contribution >= 0.6 is 0 Å². The Morgan fingerprint density at radius 1 is 0.250 bits per heavy atom. The molecule has 0 N–H and O–H groups in total. The molecule has 0 aromatic heterocycles. The van der Waals surface area contributed by atoms with E-state index in [9.17, 15) is 0 Å². The van der Waals surface area contributed by atoms with Crippen LogP contribution < -0.4 is 0 Å². The lowest BCUT2D eigenvalue weighted by atomic mass is 9.56. The van der Waals surface area contributed by atoms with Gasteiger partial charge in [-0.1, -0.05) is 218 Å². The van der Waals surface area contributed by atoms with Gasteiger partial charge in [-0.15, -0.1) is 0 Å². The molecule has 0 radical (unpaired) electrons. The van der Waals surface area contributed by atoms with Crippen LogP contribution in [0.25, 0.3) is 0 Å². The molecule has 0 fully saturated rings. The van der Waals surface area contributed by atoms with Crippen LogP contribution in [0.2, 0.25) is 0 Å². The maximum atomic E-state index is 2.33. The Balaban J connectivity index is 0.000000271. The summed E-state index contributed by atoms with van der Waals surface area (Å²) in [4.78, 5) is 0. The number of rotatable bonds is 4. The molecule has 0 saturated carbocycles. The highest BCUT2D eigenvalue weighted by atomic mass is 14.5. The molecule has 238 valence electrons. The highest BCUT2D eigenvalue weighted by molar-refractivity contribution is 5.52. The SMILES string of the molecule is CC(C)(C)C(C)(C)C.CC(C)(C)C(C)(C)c1ccccc1.CC(C)(C)C(c1ccccc1)(c1ccccc1)c1ccccc1. The first-order valence-corrected chi connectivity index (χ1v) is 16.4. The number of hydrogen-bond acceptors (Lipinski definition) is 0. The normalized spacial score (nSPS) is 12.8. The average Bonchev–Trinajstić information content (AvgIpc) is 2.94. The summed E-state index contributed by atoms with van der Waals surface area (Å²) in [5, 5.41) is 0. The summed E-state index contributed by atoms with van der Waals surface area (Å²) < 4.78 is 0. The minimum atomic E-state index is -0.184. The molecule has 0 amide bonds. The van der Waals surface area contributed by atoms with E-state index >= 15 is 0 Å². The van der Waals surface area contributed by atoms with Crippen LogP contribution in [-0.4, -0.2) is 0 Å². The van der Waals surface area contributed by atoms with Crippen molar-refractivity contribution in [3.05, 3.63) is 144 Å². The fraction of sp³-hybridized carbons (Fsp3) is 0.455. The van der Waals surface area contributed by atoms with Gasteiger partial charge >= 0.3 is 0 Å². The Bertz CT molecular complexity index is 1240. The van der Waals surface area contributed by atoms with E-state index in [2.05, 4.69) is 218 Å². The zero-order valence-corrected chi connectivity index (χ0v) is 30.5. The molecule has 0 nitrogen and oxygen atoms in total. The largest absolute Gasteiger partial charge is 0.0622 e. The molecule has 0 spiro atoms. The first-order valence-electron chi connectivity index (χ1n) is 16.4. The lowest BCUT2D eigenvalue weighted by molar-refractivity contribution is 0.157. The Kier molecular flexibility index (Phi) is 12.1. The predicted molar refractivity (Wildman–Crippen MR) is 196 cm³/mol. The third-order valence-electron chi connectivity index (χ3n) is 10.4. The second-order valence-corrected chi connectivity index (χ2v) is 16.8. The van der Waals surface area contributed by atoms with Crippen molar-refractivity contribution in [2.24, 2.45) is 21.7 Å². The van der Waals surface area contributed by atoms with Crippen molar-refractivity contribution in [3.63, 3.8) is 0 Å². The third kappa shape index (κ3) is 8.74. The van der Waals surface area contributed by atoms with Gasteiger partial charge in [0, 0.05) is 5.41 Å². The van der Waals surface area contributed by atoms with Gasteiger partial charge in [-0.3, -0.25) is 0 Å². The van der Waals surface area contributed by atoms with E-state index in [1.807, 2.05) is 0 Å². The molecule has 4 aromatic rings. The van der Waals surface area contributed by atoms with Crippen LogP contribution in [0, 0.1) is 21.7 Å². The second-order valence-electron chi connectivity index (χ2n) is 16.8. The first kappa shape index (κ1) is 37.1. The maximum absolute atomic E-state index is 2.33. The van der Waals surface area contributed by atoms with Crippen molar-refractivity contribution in [1.82, 2.24) is 0 Å². The maximum Gasteiger partial charge on any atom is 0.0499 e. The summed E-state index contributed by atoms with van der Waals surface area (Å²) in [5.41, 5.74) is 6.68. The minimum absolute atomic E-state index is 0.0249. The van der Waals surface area contributed by atoms with Crippen molar-refractivity contribution in [1.29, 1.82) is 0 Å². The molecule has 44 heavy (non-hydrogen) atoms. The first-order chi connectivity index (χ1) is 20.2. The van der Waals surface area contributed by atoms with Gasteiger partial charge in [-0.05, 0) is 49.3 Å². The van der Waals surface area contributed by atoms with E-state index in [0.717, 1.165) is 0 Å². The summed E-state index contributed by atoms with van der Waals surface area (Å²) in [6, 6.07) is 43.4. The molecule has 0 aliphatic rings. The van der Waals surface area contributed by atoms with Gasteiger partial charge in [-0.2, -0.15) is 0 Å². The monoisotopic (exact) mass is 590 g/mol. The summed E-state index contributed by atoms with van der Waals surface area (Å²) in [6.07, 6.45) is 0. The van der Waals surface area contributed by atoms with Gasteiger partial charge in [-0.25, -0.2) is 0 Å². The van der Waals surface area contributed by atoms with E-state index in [1.54, 1.807) is 0 Å². The summed E-state index contributed by atoms with van der Waals surface area (Å²) in [5.74, 6) is 0. The molecular formula is C44H62. The van der Waals surface area contributed by atoms with Crippen molar-refractivity contribution >= 4 is 0 Å². The van der Waals surface area contributed by atoms with Gasteiger partial charge in [0.15, 0.2) is 0 Å². The summed E-state index contributed by atoms with van der Waals surface area (Å²) in [6.45, 7) is 32.1. The lowest BCUT2D eigenvalue weighted by Crippen LogP contribution is -2.42. The fourth-order valence-electron chi connectivity index (χ4n) is 5.15.